The highest BCUT2D eigenvalue weighted by Gasteiger charge is 2.25. The first-order valence-electron chi connectivity index (χ1n) is 6.28. The standard InChI is InChI=1S/C14H19NO2S/c1-10-9-15(8-7-13(10)16)14(17)6-5-12-4-3-11(2)18-12/h3-6,10,13,16H,7-9H2,1-2H3/b6-5+. The van der Waals surface area contributed by atoms with Gasteiger partial charge in [0.15, 0.2) is 0 Å². The third-order valence-corrected chi connectivity index (χ3v) is 4.29. The van der Waals surface area contributed by atoms with E-state index in [0.717, 1.165) is 4.88 Å². The largest absolute Gasteiger partial charge is 0.393 e. The molecule has 1 aromatic heterocycles. The van der Waals surface area contributed by atoms with Gasteiger partial charge in [0.1, 0.15) is 0 Å². The van der Waals surface area contributed by atoms with E-state index in [1.807, 2.05) is 30.0 Å². The van der Waals surface area contributed by atoms with Crippen molar-refractivity contribution in [1.82, 2.24) is 4.90 Å². The van der Waals surface area contributed by atoms with Crippen LogP contribution in [-0.2, 0) is 4.79 Å². The van der Waals surface area contributed by atoms with Crippen LogP contribution in [0.15, 0.2) is 18.2 Å². The molecule has 2 heterocycles. The predicted molar refractivity (Wildman–Crippen MR) is 74.5 cm³/mol. The minimum Gasteiger partial charge on any atom is -0.393 e. The van der Waals surface area contributed by atoms with Gasteiger partial charge in [0, 0.05) is 28.9 Å². The number of likely N-dealkylation sites (tertiary alicyclic amines) is 1. The highest BCUT2D eigenvalue weighted by molar-refractivity contribution is 7.12. The van der Waals surface area contributed by atoms with Crippen molar-refractivity contribution in [2.45, 2.75) is 26.4 Å². The molecule has 18 heavy (non-hydrogen) atoms. The van der Waals surface area contributed by atoms with Gasteiger partial charge in [-0.2, -0.15) is 0 Å². The van der Waals surface area contributed by atoms with Crippen LogP contribution in [0.4, 0.5) is 0 Å². The number of aryl methyl sites for hydroxylation is 1. The second kappa shape index (κ2) is 5.67. The van der Waals surface area contributed by atoms with E-state index in [0.29, 0.717) is 19.5 Å². The lowest BCUT2D eigenvalue weighted by molar-refractivity contribution is -0.129. The Bertz CT molecular complexity index is 452. The Morgan fingerprint density at radius 1 is 1.56 bits per heavy atom. The molecule has 1 aliphatic heterocycles. The van der Waals surface area contributed by atoms with Crippen molar-refractivity contribution in [3.63, 3.8) is 0 Å². The summed E-state index contributed by atoms with van der Waals surface area (Å²) < 4.78 is 0. The summed E-state index contributed by atoms with van der Waals surface area (Å²) in [6.07, 6.45) is 3.92. The van der Waals surface area contributed by atoms with Gasteiger partial charge in [0.2, 0.25) is 5.91 Å². The molecule has 0 aliphatic carbocycles. The normalized spacial score (nSPS) is 24.7. The van der Waals surface area contributed by atoms with Gasteiger partial charge >= 0.3 is 0 Å². The average Bonchev–Trinajstić information content (AvgIpc) is 2.75. The molecule has 98 valence electrons. The lowest BCUT2D eigenvalue weighted by Gasteiger charge is -2.33. The van der Waals surface area contributed by atoms with Crippen LogP contribution in [0.2, 0.25) is 0 Å². The molecular weight excluding hydrogens is 246 g/mol. The predicted octanol–water partition coefficient (Wildman–Crippen LogP) is 2.30. The fourth-order valence-corrected chi connectivity index (χ4v) is 2.92. The maximum absolute atomic E-state index is 12.0. The zero-order valence-corrected chi connectivity index (χ0v) is 11.6. The Kier molecular flexibility index (Phi) is 4.19. The zero-order valence-electron chi connectivity index (χ0n) is 10.8. The molecule has 2 atom stereocenters. The molecular formula is C14H19NO2S. The molecule has 1 fully saturated rings. The lowest BCUT2D eigenvalue weighted by Crippen LogP contribution is -2.44. The Morgan fingerprint density at radius 3 is 2.94 bits per heavy atom. The first-order valence-corrected chi connectivity index (χ1v) is 7.09. The first kappa shape index (κ1) is 13.3. The number of hydrogen-bond acceptors (Lipinski definition) is 3. The third kappa shape index (κ3) is 3.21. The van der Waals surface area contributed by atoms with Gasteiger partial charge in [-0.1, -0.05) is 6.92 Å². The number of nitrogens with zero attached hydrogens (tertiary/aromatic N) is 1. The van der Waals surface area contributed by atoms with E-state index in [1.165, 1.54) is 4.88 Å². The Labute approximate surface area is 112 Å². The van der Waals surface area contributed by atoms with Gasteiger partial charge in [-0.25, -0.2) is 0 Å². The Balaban J connectivity index is 1.94. The second-order valence-electron chi connectivity index (χ2n) is 4.90. The van der Waals surface area contributed by atoms with Crippen LogP contribution in [0.25, 0.3) is 6.08 Å². The summed E-state index contributed by atoms with van der Waals surface area (Å²) in [5.41, 5.74) is 0. The lowest BCUT2D eigenvalue weighted by atomic mass is 9.97. The molecule has 0 radical (unpaired) electrons. The quantitative estimate of drug-likeness (QED) is 0.834. The average molecular weight is 265 g/mol. The molecule has 0 bridgehead atoms. The van der Waals surface area contributed by atoms with Crippen LogP contribution in [0.3, 0.4) is 0 Å². The number of piperidine rings is 1. The number of thiophene rings is 1. The van der Waals surface area contributed by atoms with E-state index in [-0.39, 0.29) is 17.9 Å². The highest BCUT2D eigenvalue weighted by atomic mass is 32.1. The molecule has 1 amide bonds. The molecule has 1 aromatic rings. The van der Waals surface area contributed by atoms with Crippen LogP contribution < -0.4 is 0 Å². The van der Waals surface area contributed by atoms with Gasteiger partial charge in [-0.05, 0) is 37.5 Å². The second-order valence-corrected chi connectivity index (χ2v) is 6.22. The minimum absolute atomic E-state index is 0.0415. The number of carbonyl (C=O) groups is 1. The fourth-order valence-electron chi connectivity index (χ4n) is 2.14. The molecule has 2 rings (SSSR count). The van der Waals surface area contributed by atoms with Crippen molar-refractivity contribution in [2.24, 2.45) is 5.92 Å². The number of hydrogen-bond donors (Lipinski definition) is 1. The van der Waals surface area contributed by atoms with E-state index in [1.54, 1.807) is 17.4 Å². The fraction of sp³-hybridized carbons (Fsp3) is 0.500. The van der Waals surface area contributed by atoms with Crippen molar-refractivity contribution in [2.75, 3.05) is 13.1 Å². The van der Waals surface area contributed by atoms with Gasteiger partial charge in [0.05, 0.1) is 6.10 Å². The highest BCUT2D eigenvalue weighted by Crippen LogP contribution is 2.19. The van der Waals surface area contributed by atoms with Gasteiger partial charge in [0.25, 0.3) is 0 Å². The van der Waals surface area contributed by atoms with E-state index < -0.39 is 0 Å². The van der Waals surface area contributed by atoms with Crippen molar-refractivity contribution in [3.8, 4) is 0 Å². The topological polar surface area (TPSA) is 40.5 Å². The van der Waals surface area contributed by atoms with Crippen molar-refractivity contribution in [3.05, 3.63) is 28.0 Å². The van der Waals surface area contributed by atoms with Crippen LogP contribution >= 0.6 is 11.3 Å². The van der Waals surface area contributed by atoms with E-state index in [2.05, 4.69) is 6.92 Å². The van der Waals surface area contributed by atoms with Gasteiger partial charge in [-0.3, -0.25) is 4.79 Å². The minimum atomic E-state index is -0.266. The molecule has 4 heteroatoms. The smallest absolute Gasteiger partial charge is 0.246 e. The zero-order chi connectivity index (χ0) is 13.1. The summed E-state index contributed by atoms with van der Waals surface area (Å²) in [6.45, 7) is 5.33. The van der Waals surface area contributed by atoms with Crippen LogP contribution in [0.1, 0.15) is 23.1 Å². The summed E-state index contributed by atoms with van der Waals surface area (Å²) in [7, 11) is 0. The molecule has 0 saturated carbocycles. The summed E-state index contributed by atoms with van der Waals surface area (Å²) in [6, 6.07) is 4.07. The molecule has 2 unspecified atom stereocenters. The number of carbonyl (C=O) groups excluding carboxylic acids is 1. The number of rotatable bonds is 2. The summed E-state index contributed by atoms with van der Waals surface area (Å²) in [4.78, 5) is 16.2. The molecule has 1 aliphatic rings. The summed E-state index contributed by atoms with van der Waals surface area (Å²) >= 11 is 1.68. The summed E-state index contributed by atoms with van der Waals surface area (Å²) in [5, 5.41) is 9.63. The Hall–Kier alpha value is -1.13. The molecule has 0 aromatic carbocycles. The molecule has 3 nitrogen and oxygen atoms in total. The van der Waals surface area contributed by atoms with E-state index >= 15 is 0 Å². The van der Waals surface area contributed by atoms with Crippen LogP contribution in [0, 0.1) is 12.8 Å². The first-order chi connectivity index (χ1) is 8.56. The number of amides is 1. The van der Waals surface area contributed by atoms with Crippen molar-refractivity contribution >= 4 is 23.3 Å². The van der Waals surface area contributed by atoms with Gasteiger partial charge < -0.3 is 10.0 Å². The third-order valence-electron chi connectivity index (χ3n) is 3.32. The number of aliphatic hydroxyl groups excluding tert-OH is 1. The molecule has 1 N–H and O–H groups in total. The maximum Gasteiger partial charge on any atom is 0.246 e. The monoisotopic (exact) mass is 265 g/mol. The van der Waals surface area contributed by atoms with Crippen LogP contribution in [0.5, 0.6) is 0 Å². The Morgan fingerprint density at radius 2 is 2.33 bits per heavy atom. The maximum atomic E-state index is 12.0. The van der Waals surface area contributed by atoms with E-state index in [9.17, 15) is 9.90 Å². The number of aliphatic hydroxyl groups is 1. The van der Waals surface area contributed by atoms with E-state index in [4.69, 9.17) is 0 Å². The molecule has 0 spiro atoms. The van der Waals surface area contributed by atoms with Crippen LogP contribution in [-0.4, -0.2) is 35.1 Å². The summed E-state index contributed by atoms with van der Waals surface area (Å²) in [5.74, 6) is 0.208. The van der Waals surface area contributed by atoms with Gasteiger partial charge in [-0.15, -0.1) is 11.3 Å². The molecule has 1 saturated heterocycles. The SMILES string of the molecule is Cc1ccc(/C=C/C(=O)N2CCC(O)C(C)C2)s1. The van der Waals surface area contributed by atoms with Crippen molar-refractivity contribution in [1.29, 1.82) is 0 Å². The van der Waals surface area contributed by atoms with Crippen molar-refractivity contribution < 1.29 is 9.90 Å².